The molecule has 3 aromatic rings. The van der Waals surface area contributed by atoms with Crippen LogP contribution in [0.15, 0.2) is 42.6 Å². The average Bonchev–Trinajstić information content (AvgIpc) is 3.54. The Morgan fingerprint density at radius 2 is 1.97 bits per heavy atom. The normalized spacial score (nSPS) is 16.9. The molecule has 1 aliphatic heterocycles. The second kappa shape index (κ2) is 9.83. The van der Waals surface area contributed by atoms with Gasteiger partial charge in [0, 0.05) is 49.9 Å². The molecule has 0 spiro atoms. The summed E-state index contributed by atoms with van der Waals surface area (Å²) in [6, 6.07) is 12.4. The predicted molar refractivity (Wildman–Crippen MR) is 128 cm³/mol. The highest BCUT2D eigenvalue weighted by Crippen LogP contribution is 2.29. The molecule has 8 heteroatoms. The van der Waals surface area contributed by atoms with Crippen molar-refractivity contribution in [3.05, 3.63) is 48.3 Å². The molecule has 1 amide bonds. The SMILES string of the molecule is O=C(NC1CC1)c1cc(OCCCCN2CCN(c3nsc4ccccc34)CC2)ccn1. The number of benzene rings is 1. The van der Waals surface area contributed by atoms with Crippen molar-refractivity contribution >= 4 is 33.3 Å². The third-order valence-electron chi connectivity index (χ3n) is 6.04. The smallest absolute Gasteiger partial charge is 0.270 e. The minimum atomic E-state index is -0.109. The van der Waals surface area contributed by atoms with Gasteiger partial charge in [0.25, 0.3) is 5.91 Å². The summed E-state index contributed by atoms with van der Waals surface area (Å²) in [4.78, 5) is 21.2. The summed E-state index contributed by atoms with van der Waals surface area (Å²) in [5, 5.41) is 4.23. The number of nitrogens with zero attached hydrogens (tertiary/aromatic N) is 4. The molecule has 1 N–H and O–H groups in total. The summed E-state index contributed by atoms with van der Waals surface area (Å²) in [5.41, 5.74) is 0.431. The summed E-state index contributed by atoms with van der Waals surface area (Å²) < 4.78 is 11.8. The fourth-order valence-corrected chi connectivity index (χ4v) is 4.82. The summed E-state index contributed by atoms with van der Waals surface area (Å²) in [6.45, 7) is 5.91. The molecular formula is C24H29N5O2S. The number of nitrogens with one attached hydrogen (secondary N) is 1. The Bertz CT molecular complexity index is 1060. The maximum absolute atomic E-state index is 12.1. The standard InChI is InChI=1S/C24H29N5O2S/c30-24(26-18-7-8-18)21-17-19(9-10-25-21)31-16-4-3-11-28-12-14-29(15-13-28)23-20-5-1-2-6-22(20)32-27-23/h1-2,5-6,9-10,17-18H,3-4,7-8,11-16H2,(H,26,30). The number of hydrogen-bond donors (Lipinski definition) is 1. The molecule has 0 bridgehead atoms. The van der Waals surface area contributed by atoms with Crippen molar-refractivity contribution in [1.82, 2.24) is 19.6 Å². The highest BCUT2D eigenvalue weighted by molar-refractivity contribution is 7.13. The van der Waals surface area contributed by atoms with Crippen LogP contribution in [0.3, 0.4) is 0 Å². The lowest BCUT2D eigenvalue weighted by molar-refractivity contribution is 0.0945. The lowest BCUT2D eigenvalue weighted by Gasteiger charge is -2.35. The monoisotopic (exact) mass is 451 g/mol. The van der Waals surface area contributed by atoms with Crippen molar-refractivity contribution < 1.29 is 9.53 Å². The Morgan fingerprint density at radius 1 is 1.12 bits per heavy atom. The first-order valence-electron chi connectivity index (χ1n) is 11.5. The number of amides is 1. The first-order valence-corrected chi connectivity index (χ1v) is 12.2. The van der Waals surface area contributed by atoms with Gasteiger partial charge in [0.1, 0.15) is 17.3 Å². The molecule has 0 unspecified atom stereocenters. The Labute approximate surface area is 192 Å². The molecule has 3 heterocycles. The highest BCUT2D eigenvalue weighted by atomic mass is 32.1. The zero-order valence-corrected chi connectivity index (χ0v) is 19.0. The van der Waals surface area contributed by atoms with E-state index in [1.807, 2.05) is 6.07 Å². The van der Waals surface area contributed by atoms with Crippen LogP contribution in [0.5, 0.6) is 5.75 Å². The largest absolute Gasteiger partial charge is 0.493 e. The summed E-state index contributed by atoms with van der Waals surface area (Å²) in [5.74, 6) is 1.74. The van der Waals surface area contributed by atoms with Crippen molar-refractivity contribution in [3.8, 4) is 5.75 Å². The molecule has 2 aromatic heterocycles. The van der Waals surface area contributed by atoms with Crippen LogP contribution in [0.2, 0.25) is 0 Å². The second-order valence-corrected chi connectivity index (χ2v) is 9.32. The molecule has 2 aliphatic rings. The molecule has 32 heavy (non-hydrogen) atoms. The highest BCUT2D eigenvalue weighted by Gasteiger charge is 2.24. The van der Waals surface area contributed by atoms with Gasteiger partial charge < -0.3 is 15.0 Å². The van der Waals surface area contributed by atoms with Gasteiger partial charge >= 0.3 is 0 Å². The predicted octanol–water partition coefficient (Wildman–Crippen LogP) is 3.56. The number of unbranched alkanes of at least 4 members (excludes halogenated alkanes) is 1. The molecule has 1 aliphatic carbocycles. The van der Waals surface area contributed by atoms with E-state index in [1.165, 1.54) is 10.1 Å². The molecule has 1 aromatic carbocycles. The maximum atomic E-state index is 12.1. The van der Waals surface area contributed by atoms with Crippen LogP contribution >= 0.6 is 11.5 Å². The Kier molecular flexibility index (Phi) is 6.50. The van der Waals surface area contributed by atoms with E-state index in [-0.39, 0.29) is 5.91 Å². The van der Waals surface area contributed by atoms with E-state index in [0.29, 0.717) is 24.1 Å². The Hall–Kier alpha value is -2.71. The zero-order valence-electron chi connectivity index (χ0n) is 18.2. The molecular weight excluding hydrogens is 422 g/mol. The lowest BCUT2D eigenvalue weighted by atomic mass is 10.2. The number of hydrogen-bond acceptors (Lipinski definition) is 7. The molecule has 0 atom stereocenters. The van der Waals surface area contributed by atoms with Crippen LogP contribution in [0.25, 0.3) is 10.1 Å². The fraction of sp³-hybridized carbons (Fsp3) is 0.458. The van der Waals surface area contributed by atoms with E-state index >= 15 is 0 Å². The van der Waals surface area contributed by atoms with Gasteiger partial charge in [-0.2, -0.15) is 4.37 Å². The van der Waals surface area contributed by atoms with Gasteiger partial charge in [-0.1, -0.05) is 12.1 Å². The van der Waals surface area contributed by atoms with Gasteiger partial charge in [-0.15, -0.1) is 0 Å². The Balaban J connectivity index is 1.01. The number of fused-ring (bicyclic) bond motifs is 1. The van der Waals surface area contributed by atoms with E-state index in [4.69, 9.17) is 9.11 Å². The third kappa shape index (κ3) is 5.19. The van der Waals surface area contributed by atoms with Gasteiger partial charge in [-0.3, -0.25) is 14.7 Å². The number of pyridine rings is 1. The molecule has 7 nitrogen and oxygen atoms in total. The summed E-state index contributed by atoms with van der Waals surface area (Å²) in [7, 11) is 0. The van der Waals surface area contributed by atoms with Crippen LogP contribution in [0.4, 0.5) is 5.82 Å². The number of anilines is 1. The van der Waals surface area contributed by atoms with Crippen LogP contribution < -0.4 is 15.0 Å². The zero-order chi connectivity index (χ0) is 21.8. The molecule has 1 saturated carbocycles. The first kappa shape index (κ1) is 21.2. The third-order valence-corrected chi connectivity index (χ3v) is 6.86. The van der Waals surface area contributed by atoms with Crippen molar-refractivity contribution in [1.29, 1.82) is 0 Å². The van der Waals surface area contributed by atoms with Gasteiger partial charge in [0.15, 0.2) is 0 Å². The Morgan fingerprint density at radius 3 is 2.81 bits per heavy atom. The quantitative estimate of drug-likeness (QED) is 0.502. The second-order valence-electron chi connectivity index (χ2n) is 8.51. The molecule has 5 rings (SSSR count). The number of piperazine rings is 1. The number of carbonyl (C=O) groups is 1. The topological polar surface area (TPSA) is 70.6 Å². The van der Waals surface area contributed by atoms with E-state index in [9.17, 15) is 4.79 Å². The van der Waals surface area contributed by atoms with Gasteiger partial charge in [-0.25, -0.2) is 0 Å². The van der Waals surface area contributed by atoms with Crippen LogP contribution in [0, 0.1) is 0 Å². The minimum absolute atomic E-state index is 0.109. The summed E-state index contributed by atoms with van der Waals surface area (Å²) >= 11 is 1.59. The number of carbonyl (C=O) groups excluding carboxylic acids is 1. The van der Waals surface area contributed by atoms with Crippen molar-refractivity contribution in [2.24, 2.45) is 0 Å². The van der Waals surface area contributed by atoms with Crippen molar-refractivity contribution in [3.63, 3.8) is 0 Å². The van der Waals surface area contributed by atoms with Crippen molar-refractivity contribution in [2.45, 2.75) is 31.7 Å². The average molecular weight is 452 g/mol. The van der Waals surface area contributed by atoms with E-state index in [2.05, 4.69) is 44.4 Å². The van der Waals surface area contributed by atoms with Gasteiger partial charge in [0.05, 0.1) is 11.3 Å². The van der Waals surface area contributed by atoms with Crippen molar-refractivity contribution in [2.75, 3.05) is 44.2 Å². The summed E-state index contributed by atoms with van der Waals surface area (Å²) in [6.07, 6.45) is 5.86. The number of aromatic nitrogens is 2. The van der Waals surface area contributed by atoms with Gasteiger partial charge in [0.2, 0.25) is 0 Å². The fourth-order valence-electron chi connectivity index (χ4n) is 4.02. The van der Waals surface area contributed by atoms with E-state index in [0.717, 1.165) is 64.2 Å². The molecule has 0 radical (unpaired) electrons. The molecule has 168 valence electrons. The first-order chi connectivity index (χ1) is 15.8. The molecule has 2 fully saturated rings. The number of ether oxygens (including phenoxy) is 1. The van der Waals surface area contributed by atoms with Crippen LogP contribution in [-0.2, 0) is 0 Å². The molecule has 1 saturated heterocycles. The van der Waals surface area contributed by atoms with E-state index in [1.54, 1.807) is 23.8 Å². The van der Waals surface area contributed by atoms with E-state index < -0.39 is 0 Å². The minimum Gasteiger partial charge on any atom is -0.493 e. The van der Waals surface area contributed by atoms with Crippen LogP contribution in [0.1, 0.15) is 36.2 Å². The van der Waals surface area contributed by atoms with Crippen LogP contribution in [-0.4, -0.2) is 65.5 Å². The van der Waals surface area contributed by atoms with Gasteiger partial charge in [-0.05, 0) is 62.0 Å². The lowest BCUT2D eigenvalue weighted by Crippen LogP contribution is -2.46. The maximum Gasteiger partial charge on any atom is 0.270 e. The number of rotatable bonds is 9.